The first-order valence-electron chi connectivity index (χ1n) is 10.4. The molecule has 0 amide bonds. The number of hydrogen-bond donors (Lipinski definition) is 1. The van der Waals surface area contributed by atoms with Crippen molar-refractivity contribution >= 4 is 16.6 Å². The smallest absolute Gasteiger partial charge is 0.261 e. The molecule has 1 fully saturated rings. The lowest BCUT2D eigenvalue weighted by atomic mass is 10.0. The zero-order valence-electron chi connectivity index (χ0n) is 17.8. The summed E-state index contributed by atoms with van der Waals surface area (Å²) in [6.45, 7) is 0.253. The fourth-order valence-corrected chi connectivity index (χ4v) is 3.97. The van der Waals surface area contributed by atoms with E-state index in [1.807, 2.05) is 49.3 Å². The first kappa shape index (κ1) is 21.5. The summed E-state index contributed by atoms with van der Waals surface area (Å²) < 4.78 is 32.3. The molecule has 5 nitrogen and oxygen atoms in total. The molecule has 1 atom stereocenters. The van der Waals surface area contributed by atoms with Crippen LogP contribution in [0.3, 0.4) is 0 Å². The SMILES string of the molecule is CN(C)c1ncccc1-c1ccc2cc(OCC(O)CN3CCC(F)(F)C3)ccc2c1. The average Bonchev–Trinajstić information content (AvgIpc) is 3.09. The van der Waals surface area contributed by atoms with Gasteiger partial charge in [-0.1, -0.05) is 18.2 Å². The molecule has 3 aromatic rings. The van der Waals surface area contributed by atoms with E-state index in [0.717, 1.165) is 27.7 Å². The topological polar surface area (TPSA) is 48.8 Å². The Kier molecular flexibility index (Phi) is 6.07. The fourth-order valence-electron chi connectivity index (χ4n) is 3.97. The second-order valence-corrected chi connectivity index (χ2v) is 8.30. The number of aromatic nitrogens is 1. The van der Waals surface area contributed by atoms with Crippen LogP contribution in [0.1, 0.15) is 6.42 Å². The van der Waals surface area contributed by atoms with Crippen molar-refractivity contribution in [1.29, 1.82) is 0 Å². The van der Waals surface area contributed by atoms with Gasteiger partial charge in [0.1, 0.15) is 24.3 Å². The minimum absolute atomic E-state index is 0.0630. The highest BCUT2D eigenvalue weighted by atomic mass is 19.3. The molecule has 1 aliphatic rings. The van der Waals surface area contributed by atoms with E-state index in [0.29, 0.717) is 12.3 Å². The molecule has 0 saturated carbocycles. The van der Waals surface area contributed by atoms with E-state index < -0.39 is 12.0 Å². The van der Waals surface area contributed by atoms with Gasteiger partial charge in [0.15, 0.2) is 0 Å². The van der Waals surface area contributed by atoms with Crippen LogP contribution in [0.15, 0.2) is 54.7 Å². The van der Waals surface area contributed by atoms with Gasteiger partial charge in [0.25, 0.3) is 5.92 Å². The molecule has 1 saturated heterocycles. The molecule has 0 bridgehead atoms. The number of rotatable bonds is 7. The number of aliphatic hydroxyl groups excluding tert-OH is 1. The van der Waals surface area contributed by atoms with Crippen molar-refractivity contribution in [3.05, 3.63) is 54.7 Å². The monoisotopic (exact) mass is 427 g/mol. The number of anilines is 1. The van der Waals surface area contributed by atoms with Crippen LogP contribution in [-0.2, 0) is 0 Å². The van der Waals surface area contributed by atoms with Crippen molar-refractivity contribution in [1.82, 2.24) is 9.88 Å². The van der Waals surface area contributed by atoms with Gasteiger partial charge in [0.05, 0.1) is 6.54 Å². The number of benzene rings is 2. The van der Waals surface area contributed by atoms with E-state index in [1.54, 1.807) is 11.1 Å². The third kappa shape index (κ3) is 5.11. The maximum absolute atomic E-state index is 13.3. The zero-order chi connectivity index (χ0) is 22.0. The summed E-state index contributed by atoms with van der Waals surface area (Å²) in [7, 11) is 3.94. The van der Waals surface area contributed by atoms with Crippen molar-refractivity contribution in [3.63, 3.8) is 0 Å². The molecule has 31 heavy (non-hydrogen) atoms. The van der Waals surface area contributed by atoms with E-state index in [4.69, 9.17) is 4.74 Å². The van der Waals surface area contributed by atoms with Gasteiger partial charge in [-0.05, 0) is 46.7 Å². The van der Waals surface area contributed by atoms with Crippen molar-refractivity contribution in [2.45, 2.75) is 18.4 Å². The minimum atomic E-state index is -2.65. The Morgan fingerprint density at radius 3 is 2.68 bits per heavy atom. The van der Waals surface area contributed by atoms with Crippen LogP contribution in [0, 0.1) is 0 Å². The standard InChI is InChI=1S/C24H27F2N3O2/c1-28(2)23-22(4-3-10-27-23)19-6-5-18-13-21(8-7-17(18)12-19)31-15-20(30)14-29-11-9-24(25,26)16-29/h3-8,10,12-13,20,30H,9,11,14-16H2,1-2H3. The van der Waals surface area contributed by atoms with Gasteiger partial charge >= 0.3 is 0 Å². The minimum Gasteiger partial charge on any atom is -0.491 e. The van der Waals surface area contributed by atoms with Crippen LogP contribution in [0.5, 0.6) is 5.75 Å². The summed E-state index contributed by atoms with van der Waals surface area (Å²) in [5.74, 6) is -1.10. The number of aliphatic hydroxyl groups is 1. The van der Waals surface area contributed by atoms with Gasteiger partial charge in [-0.3, -0.25) is 4.90 Å². The molecule has 4 rings (SSSR count). The molecule has 7 heteroatoms. The Morgan fingerprint density at radius 2 is 1.94 bits per heavy atom. The molecule has 2 heterocycles. The summed E-state index contributed by atoms with van der Waals surface area (Å²) in [4.78, 5) is 8.04. The van der Waals surface area contributed by atoms with Crippen molar-refractivity contribution in [2.24, 2.45) is 0 Å². The Hall–Kier alpha value is -2.77. The summed E-state index contributed by atoms with van der Waals surface area (Å²) in [5, 5.41) is 12.3. The van der Waals surface area contributed by atoms with Gasteiger partial charge < -0.3 is 14.7 Å². The Labute approximate surface area is 180 Å². The van der Waals surface area contributed by atoms with Gasteiger partial charge in [0.2, 0.25) is 0 Å². The zero-order valence-corrected chi connectivity index (χ0v) is 17.8. The third-order valence-electron chi connectivity index (χ3n) is 5.49. The molecule has 0 aliphatic carbocycles. The summed E-state index contributed by atoms with van der Waals surface area (Å²) in [5.41, 5.74) is 2.14. The maximum Gasteiger partial charge on any atom is 0.261 e. The summed E-state index contributed by atoms with van der Waals surface area (Å²) in [6, 6.07) is 15.9. The summed E-state index contributed by atoms with van der Waals surface area (Å²) >= 11 is 0. The Bertz CT molecular complexity index is 1060. The summed E-state index contributed by atoms with van der Waals surface area (Å²) in [6.07, 6.45) is 0.817. The van der Waals surface area contributed by atoms with Crippen molar-refractivity contribution in [3.8, 4) is 16.9 Å². The maximum atomic E-state index is 13.3. The number of alkyl halides is 2. The highest BCUT2D eigenvalue weighted by molar-refractivity contribution is 5.90. The van der Waals surface area contributed by atoms with Gasteiger partial charge in [-0.15, -0.1) is 0 Å². The van der Waals surface area contributed by atoms with E-state index in [9.17, 15) is 13.9 Å². The number of nitrogens with zero attached hydrogens (tertiary/aromatic N) is 3. The highest BCUT2D eigenvalue weighted by Gasteiger charge is 2.38. The van der Waals surface area contributed by atoms with Crippen LogP contribution < -0.4 is 9.64 Å². The molecular weight excluding hydrogens is 400 g/mol. The quantitative estimate of drug-likeness (QED) is 0.617. The third-order valence-corrected chi connectivity index (χ3v) is 5.49. The van der Waals surface area contributed by atoms with E-state index in [2.05, 4.69) is 23.2 Å². The van der Waals surface area contributed by atoms with Crippen LogP contribution in [0.2, 0.25) is 0 Å². The molecule has 164 valence electrons. The number of fused-ring (bicyclic) bond motifs is 1. The second kappa shape index (κ2) is 8.77. The second-order valence-electron chi connectivity index (χ2n) is 8.30. The molecule has 1 aliphatic heterocycles. The first-order chi connectivity index (χ1) is 14.8. The van der Waals surface area contributed by atoms with Crippen LogP contribution >= 0.6 is 0 Å². The largest absolute Gasteiger partial charge is 0.491 e. The van der Waals surface area contributed by atoms with Gasteiger partial charge in [-0.2, -0.15) is 0 Å². The van der Waals surface area contributed by atoms with Crippen LogP contribution in [-0.4, -0.2) is 67.4 Å². The number of β-amino-alcohol motifs (C(OH)–C–C–N with tert-alkyl or cyclic N) is 1. The van der Waals surface area contributed by atoms with Crippen LogP contribution in [0.4, 0.5) is 14.6 Å². The molecule has 0 spiro atoms. The number of ether oxygens (including phenoxy) is 1. The highest BCUT2D eigenvalue weighted by Crippen LogP contribution is 2.31. The molecule has 0 radical (unpaired) electrons. The van der Waals surface area contributed by atoms with Gasteiger partial charge in [-0.25, -0.2) is 13.8 Å². The molecule has 1 aromatic heterocycles. The lowest BCUT2D eigenvalue weighted by Crippen LogP contribution is -2.35. The van der Waals surface area contributed by atoms with E-state index in [-0.39, 0.29) is 26.1 Å². The van der Waals surface area contributed by atoms with Crippen LogP contribution in [0.25, 0.3) is 21.9 Å². The lowest BCUT2D eigenvalue weighted by molar-refractivity contribution is 0.00461. The number of pyridine rings is 1. The number of likely N-dealkylation sites (tertiary alicyclic amines) is 1. The normalized spacial score (nSPS) is 17.1. The van der Waals surface area contributed by atoms with Crippen molar-refractivity contribution < 1.29 is 18.6 Å². The van der Waals surface area contributed by atoms with Crippen molar-refractivity contribution in [2.75, 3.05) is 45.2 Å². The van der Waals surface area contributed by atoms with Gasteiger partial charge in [0, 0.05) is 45.4 Å². The molecular formula is C24H27F2N3O2. The average molecular weight is 427 g/mol. The molecule has 1 unspecified atom stereocenters. The Balaban J connectivity index is 1.43. The predicted octanol–water partition coefficient (Wildman–Crippen LogP) is 4.05. The molecule has 2 aromatic carbocycles. The first-order valence-corrected chi connectivity index (χ1v) is 10.4. The Morgan fingerprint density at radius 1 is 1.16 bits per heavy atom. The fraction of sp³-hybridized carbons (Fsp3) is 0.375. The predicted molar refractivity (Wildman–Crippen MR) is 119 cm³/mol. The number of halogens is 2. The lowest BCUT2D eigenvalue weighted by Gasteiger charge is -2.20. The molecule has 1 N–H and O–H groups in total. The number of hydrogen-bond acceptors (Lipinski definition) is 5. The van der Waals surface area contributed by atoms with E-state index in [1.165, 1.54) is 0 Å². The van der Waals surface area contributed by atoms with E-state index >= 15 is 0 Å².